The third-order valence-electron chi connectivity index (χ3n) is 3.09. The van der Waals surface area contributed by atoms with E-state index in [0.717, 1.165) is 11.1 Å². The first-order valence-corrected chi connectivity index (χ1v) is 7.12. The third-order valence-corrected chi connectivity index (χ3v) is 3.43. The van der Waals surface area contributed by atoms with E-state index in [1.165, 1.54) is 12.1 Å². The predicted molar refractivity (Wildman–Crippen MR) is 83.1 cm³/mol. The topological polar surface area (TPSA) is 56.7 Å². The zero-order valence-corrected chi connectivity index (χ0v) is 12.6. The highest BCUT2D eigenvalue weighted by molar-refractivity contribution is 9.10. The molecule has 0 bridgehead atoms. The maximum Gasteiger partial charge on any atom is 0.217 e. The Hall–Kier alpha value is -2.21. The van der Waals surface area contributed by atoms with Gasteiger partial charge in [0, 0.05) is 11.3 Å². The molecule has 0 radical (unpaired) electrons. The summed E-state index contributed by atoms with van der Waals surface area (Å²) in [6.45, 7) is 0.489. The summed E-state index contributed by atoms with van der Waals surface area (Å²) in [6.07, 6.45) is 0. The molecule has 0 aliphatic heterocycles. The van der Waals surface area contributed by atoms with Gasteiger partial charge in [-0.2, -0.15) is 0 Å². The fraction of sp³-hybridized carbons (Fsp3) is 0.0667. The van der Waals surface area contributed by atoms with Gasteiger partial charge in [0.05, 0.1) is 6.54 Å². The number of aromatic nitrogens is 3. The lowest BCUT2D eigenvalue weighted by Gasteiger charge is -2.08. The average Bonchev–Trinajstić information content (AvgIpc) is 2.82. The molecule has 106 valence electrons. The second-order valence-electron chi connectivity index (χ2n) is 4.58. The second kappa shape index (κ2) is 5.65. The second-order valence-corrected chi connectivity index (χ2v) is 5.29. The van der Waals surface area contributed by atoms with Crippen molar-refractivity contribution in [1.82, 2.24) is 14.8 Å². The Morgan fingerprint density at radius 1 is 1.10 bits per heavy atom. The van der Waals surface area contributed by atoms with Crippen LogP contribution in [0.5, 0.6) is 0 Å². The van der Waals surface area contributed by atoms with Crippen LogP contribution in [0.25, 0.3) is 11.4 Å². The smallest absolute Gasteiger partial charge is 0.217 e. The van der Waals surface area contributed by atoms with Crippen LogP contribution in [0.2, 0.25) is 0 Å². The Morgan fingerprint density at radius 2 is 1.81 bits per heavy atom. The highest BCUT2D eigenvalue weighted by Crippen LogP contribution is 2.25. The van der Waals surface area contributed by atoms with Crippen molar-refractivity contribution in [2.45, 2.75) is 6.54 Å². The quantitative estimate of drug-likeness (QED) is 0.738. The van der Waals surface area contributed by atoms with Gasteiger partial charge >= 0.3 is 0 Å². The van der Waals surface area contributed by atoms with Gasteiger partial charge in [-0.25, -0.2) is 14.1 Å². The van der Waals surface area contributed by atoms with Crippen molar-refractivity contribution in [3.05, 3.63) is 64.6 Å². The summed E-state index contributed by atoms with van der Waals surface area (Å²) >= 11 is 3.29. The van der Waals surface area contributed by atoms with Crippen LogP contribution in [0.4, 0.5) is 10.1 Å². The Labute approximate surface area is 129 Å². The van der Waals surface area contributed by atoms with Gasteiger partial charge in [-0.15, -0.1) is 5.10 Å². The number of para-hydroxylation sites is 1. The number of anilines is 1. The molecule has 1 heterocycles. The summed E-state index contributed by atoms with van der Waals surface area (Å²) in [5.74, 6) is 0.412. The Kier molecular flexibility index (Phi) is 3.70. The lowest BCUT2D eigenvalue weighted by Crippen LogP contribution is -2.05. The molecular formula is C15H12BrFN4. The summed E-state index contributed by atoms with van der Waals surface area (Å²) in [6, 6.07) is 13.8. The van der Waals surface area contributed by atoms with Gasteiger partial charge in [0.1, 0.15) is 5.82 Å². The van der Waals surface area contributed by atoms with E-state index in [9.17, 15) is 4.39 Å². The minimum absolute atomic E-state index is 0.258. The Morgan fingerprint density at radius 3 is 2.52 bits per heavy atom. The van der Waals surface area contributed by atoms with Gasteiger partial charge in [0.15, 0.2) is 5.82 Å². The van der Waals surface area contributed by atoms with Gasteiger partial charge in [-0.05, 0) is 45.8 Å². The summed E-state index contributed by atoms with van der Waals surface area (Å²) < 4.78 is 15.2. The van der Waals surface area contributed by atoms with E-state index in [4.69, 9.17) is 5.73 Å². The van der Waals surface area contributed by atoms with E-state index >= 15 is 0 Å². The van der Waals surface area contributed by atoms with Crippen LogP contribution in [-0.2, 0) is 6.54 Å². The number of hydrogen-bond acceptors (Lipinski definition) is 3. The van der Waals surface area contributed by atoms with Crippen LogP contribution in [0.15, 0.2) is 53.3 Å². The molecule has 0 aliphatic carbocycles. The lowest BCUT2D eigenvalue weighted by atomic mass is 10.1. The SMILES string of the molecule is Nc1ccccc1-c1nc(Br)nn1Cc1ccc(F)cc1. The minimum Gasteiger partial charge on any atom is -0.398 e. The van der Waals surface area contributed by atoms with Gasteiger partial charge in [-0.3, -0.25) is 0 Å². The van der Waals surface area contributed by atoms with Crippen LogP contribution < -0.4 is 5.73 Å². The summed E-state index contributed by atoms with van der Waals surface area (Å²) in [4.78, 5) is 4.37. The molecule has 0 fully saturated rings. The first-order chi connectivity index (χ1) is 10.1. The third kappa shape index (κ3) is 2.95. The van der Waals surface area contributed by atoms with Crippen molar-refractivity contribution in [3.8, 4) is 11.4 Å². The summed E-state index contributed by atoms with van der Waals surface area (Å²) in [5.41, 5.74) is 8.39. The molecule has 6 heteroatoms. The monoisotopic (exact) mass is 346 g/mol. The van der Waals surface area contributed by atoms with Gasteiger partial charge in [-0.1, -0.05) is 24.3 Å². The Bertz CT molecular complexity index is 768. The molecule has 0 saturated carbocycles. The van der Waals surface area contributed by atoms with Crippen molar-refractivity contribution in [2.24, 2.45) is 0 Å². The molecule has 3 rings (SSSR count). The van der Waals surface area contributed by atoms with E-state index in [1.807, 2.05) is 24.3 Å². The molecule has 2 N–H and O–H groups in total. The number of hydrogen-bond donors (Lipinski definition) is 1. The minimum atomic E-state index is -0.258. The largest absolute Gasteiger partial charge is 0.398 e. The maximum absolute atomic E-state index is 13.0. The van der Waals surface area contributed by atoms with Gasteiger partial charge in [0.25, 0.3) is 0 Å². The van der Waals surface area contributed by atoms with Gasteiger partial charge < -0.3 is 5.73 Å². The number of nitrogens with zero attached hydrogens (tertiary/aromatic N) is 3. The van der Waals surface area contributed by atoms with E-state index in [1.54, 1.807) is 16.8 Å². The van der Waals surface area contributed by atoms with E-state index in [0.29, 0.717) is 22.8 Å². The van der Waals surface area contributed by atoms with Crippen LogP contribution >= 0.6 is 15.9 Å². The molecule has 0 unspecified atom stereocenters. The first kappa shape index (κ1) is 13.8. The standard InChI is InChI=1S/C15H12BrFN4/c16-15-19-14(12-3-1-2-4-13(12)18)21(20-15)9-10-5-7-11(17)8-6-10/h1-8H,9,18H2. The molecule has 2 aromatic carbocycles. The molecule has 21 heavy (non-hydrogen) atoms. The van der Waals surface area contributed by atoms with Crippen LogP contribution in [0, 0.1) is 5.82 Å². The fourth-order valence-electron chi connectivity index (χ4n) is 2.09. The zero-order valence-electron chi connectivity index (χ0n) is 11.0. The number of benzene rings is 2. The summed E-state index contributed by atoms with van der Waals surface area (Å²) in [7, 11) is 0. The summed E-state index contributed by atoms with van der Waals surface area (Å²) in [5, 5.41) is 4.32. The lowest BCUT2D eigenvalue weighted by molar-refractivity contribution is 0.624. The molecule has 0 amide bonds. The van der Waals surface area contributed by atoms with Gasteiger partial charge in [0.2, 0.25) is 4.73 Å². The first-order valence-electron chi connectivity index (χ1n) is 6.33. The molecule has 0 spiro atoms. The zero-order chi connectivity index (χ0) is 14.8. The number of rotatable bonds is 3. The average molecular weight is 347 g/mol. The maximum atomic E-state index is 13.0. The van der Waals surface area contributed by atoms with E-state index < -0.39 is 0 Å². The van der Waals surface area contributed by atoms with Crippen molar-refractivity contribution >= 4 is 21.6 Å². The molecular weight excluding hydrogens is 335 g/mol. The van der Waals surface area contributed by atoms with Crippen molar-refractivity contribution < 1.29 is 4.39 Å². The predicted octanol–water partition coefficient (Wildman–Crippen LogP) is 3.48. The molecule has 3 aromatic rings. The fourth-order valence-corrected chi connectivity index (χ4v) is 2.45. The number of nitrogens with two attached hydrogens (primary N) is 1. The van der Waals surface area contributed by atoms with E-state index in [-0.39, 0.29) is 5.82 Å². The van der Waals surface area contributed by atoms with Crippen molar-refractivity contribution in [2.75, 3.05) is 5.73 Å². The van der Waals surface area contributed by atoms with Crippen molar-refractivity contribution in [1.29, 1.82) is 0 Å². The molecule has 0 saturated heterocycles. The van der Waals surface area contributed by atoms with Crippen LogP contribution in [-0.4, -0.2) is 14.8 Å². The van der Waals surface area contributed by atoms with Crippen LogP contribution in [0.1, 0.15) is 5.56 Å². The molecule has 0 atom stereocenters. The number of halogens is 2. The Balaban J connectivity index is 2.00. The molecule has 4 nitrogen and oxygen atoms in total. The molecule has 1 aromatic heterocycles. The van der Waals surface area contributed by atoms with E-state index in [2.05, 4.69) is 26.0 Å². The number of nitrogen functional groups attached to an aromatic ring is 1. The van der Waals surface area contributed by atoms with Crippen LogP contribution in [0.3, 0.4) is 0 Å². The van der Waals surface area contributed by atoms with Crippen molar-refractivity contribution in [3.63, 3.8) is 0 Å². The normalized spacial score (nSPS) is 10.8. The highest BCUT2D eigenvalue weighted by atomic mass is 79.9. The molecule has 0 aliphatic rings. The highest BCUT2D eigenvalue weighted by Gasteiger charge is 2.13.